The van der Waals surface area contributed by atoms with Gasteiger partial charge in [0.2, 0.25) is 0 Å². The first-order chi connectivity index (χ1) is 11.2. The highest BCUT2D eigenvalue weighted by molar-refractivity contribution is 5.77. The number of ether oxygens (including phenoxy) is 2. The number of hydrogen-bond donors (Lipinski definition) is 1. The lowest BCUT2D eigenvalue weighted by atomic mass is 10.2. The second-order valence-electron chi connectivity index (χ2n) is 5.10. The summed E-state index contributed by atoms with van der Waals surface area (Å²) < 4.78 is 11.0. The zero-order valence-electron chi connectivity index (χ0n) is 13.7. The summed E-state index contributed by atoms with van der Waals surface area (Å²) in [6, 6.07) is 15.5. The fraction of sp³-hybridized carbons (Fsp3) is 0.316. The fourth-order valence-corrected chi connectivity index (χ4v) is 2.16. The van der Waals surface area contributed by atoms with Crippen LogP contribution in [0.5, 0.6) is 11.5 Å². The molecule has 0 saturated carbocycles. The molecule has 0 spiro atoms. The Morgan fingerprint density at radius 1 is 1.00 bits per heavy atom. The highest BCUT2D eigenvalue weighted by atomic mass is 16.5. The number of aryl methyl sites for hydroxylation is 1. The Morgan fingerprint density at radius 3 is 2.43 bits per heavy atom. The van der Waals surface area contributed by atoms with E-state index in [2.05, 4.69) is 12.2 Å². The maximum Gasteiger partial charge on any atom is 0.258 e. The van der Waals surface area contributed by atoms with Crippen molar-refractivity contribution in [3.05, 3.63) is 59.7 Å². The van der Waals surface area contributed by atoms with Gasteiger partial charge in [-0.1, -0.05) is 37.3 Å². The van der Waals surface area contributed by atoms with Gasteiger partial charge in [-0.3, -0.25) is 4.79 Å². The minimum atomic E-state index is -0.157. The number of para-hydroxylation sites is 1. The van der Waals surface area contributed by atoms with Crippen molar-refractivity contribution < 1.29 is 14.3 Å². The van der Waals surface area contributed by atoms with E-state index in [9.17, 15) is 4.79 Å². The van der Waals surface area contributed by atoms with Crippen LogP contribution < -0.4 is 14.8 Å². The van der Waals surface area contributed by atoms with Gasteiger partial charge in [0, 0.05) is 12.1 Å². The molecule has 0 atom stereocenters. The van der Waals surface area contributed by atoms with E-state index in [4.69, 9.17) is 9.47 Å². The molecule has 0 aliphatic rings. The van der Waals surface area contributed by atoms with Crippen LogP contribution >= 0.6 is 0 Å². The van der Waals surface area contributed by atoms with Gasteiger partial charge in [-0.15, -0.1) is 0 Å². The van der Waals surface area contributed by atoms with Gasteiger partial charge in [0.25, 0.3) is 5.91 Å². The first-order valence-corrected chi connectivity index (χ1v) is 7.92. The zero-order chi connectivity index (χ0) is 16.5. The van der Waals surface area contributed by atoms with Crippen molar-refractivity contribution in [3.63, 3.8) is 0 Å². The van der Waals surface area contributed by atoms with Crippen LogP contribution in [0.25, 0.3) is 0 Å². The fourth-order valence-electron chi connectivity index (χ4n) is 2.16. The van der Waals surface area contributed by atoms with Gasteiger partial charge in [-0.25, -0.2) is 0 Å². The Morgan fingerprint density at radius 2 is 1.74 bits per heavy atom. The molecule has 0 heterocycles. The van der Waals surface area contributed by atoms with Crippen LogP contribution in [-0.2, 0) is 17.8 Å². The maximum absolute atomic E-state index is 11.9. The Labute approximate surface area is 137 Å². The summed E-state index contributed by atoms with van der Waals surface area (Å²) in [5.74, 6) is 1.34. The molecule has 2 aromatic carbocycles. The molecule has 1 amide bonds. The van der Waals surface area contributed by atoms with E-state index in [1.807, 2.05) is 55.5 Å². The van der Waals surface area contributed by atoms with Crippen molar-refractivity contribution in [3.8, 4) is 11.5 Å². The summed E-state index contributed by atoms with van der Waals surface area (Å²) in [7, 11) is 0. The highest BCUT2D eigenvalue weighted by Crippen LogP contribution is 2.17. The molecule has 2 rings (SSSR count). The van der Waals surface area contributed by atoms with Crippen LogP contribution in [0.4, 0.5) is 0 Å². The number of benzene rings is 2. The van der Waals surface area contributed by atoms with E-state index in [0.717, 1.165) is 17.7 Å². The number of hydrogen-bond acceptors (Lipinski definition) is 3. The second kappa shape index (κ2) is 8.83. The van der Waals surface area contributed by atoms with Crippen molar-refractivity contribution in [2.45, 2.75) is 26.8 Å². The molecule has 0 fully saturated rings. The summed E-state index contributed by atoms with van der Waals surface area (Å²) >= 11 is 0. The number of amides is 1. The van der Waals surface area contributed by atoms with Crippen molar-refractivity contribution in [2.24, 2.45) is 0 Å². The van der Waals surface area contributed by atoms with Gasteiger partial charge in [-0.2, -0.15) is 0 Å². The number of rotatable bonds is 8. The molecule has 0 radical (unpaired) electrons. The van der Waals surface area contributed by atoms with Gasteiger partial charge in [0.15, 0.2) is 6.61 Å². The predicted octanol–water partition coefficient (Wildman–Crippen LogP) is 3.34. The van der Waals surface area contributed by atoms with Gasteiger partial charge < -0.3 is 14.8 Å². The third kappa shape index (κ3) is 5.33. The van der Waals surface area contributed by atoms with E-state index >= 15 is 0 Å². The Hall–Kier alpha value is -2.49. The Kier molecular flexibility index (Phi) is 6.48. The molecule has 0 saturated heterocycles. The van der Waals surface area contributed by atoms with Crippen molar-refractivity contribution in [2.75, 3.05) is 13.2 Å². The van der Waals surface area contributed by atoms with Crippen LogP contribution in [0.2, 0.25) is 0 Å². The average molecular weight is 313 g/mol. The zero-order valence-corrected chi connectivity index (χ0v) is 13.7. The summed E-state index contributed by atoms with van der Waals surface area (Å²) in [6.45, 7) is 5.06. The minimum Gasteiger partial charge on any atom is -0.494 e. The molecule has 0 aliphatic heterocycles. The second-order valence-corrected chi connectivity index (χ2v) is 5.10. The van der Waals surface area contributed by atoms with Crippen molar-refractivity contribution in [1.29, 1.82) is 0 Å². The smallest absolute Gasteiger partial charge is 0.258 e. The molecule has 0 aromatic heterocycles. The normalized spacial score (nSPS) is 10.2. The van der Waals surface area contributed by atoms with Crippen LogP contribution in [0.1, 0.15) is 25.0 Å². The van der Waals surface area contributed by atoms with Gasteiger partial charge in [-0.05, 0) is 37.1 Å². The maximum atomic E-state index is 11.9. The number of carbonyl (C=O) groups excluding carboxylic acids is 1. The average Bonchev–Trinajstić information content (AvgIpc) is 2.60. The minimum absolute atomic E-state index is 0.00226. The summed E-state index contributed by atoms with van der Waals surface area (Å²) in [6.07, 6.45) is 0.986. The van der Waals surface area contributed by atoms with E-state index < -0.39 is 0 Å². The molecule has 2 aromatic rings. The molecule has 4 nitrogen and oxygen atoms in total. The molecule has 4 heteroatoms. The number of carbonyl (C=O) groups is 1. The molecule has 1 N–H and O–H groups in total. The lowest BCUT2D eigenvalue weighted by Gasteiger charge is -2.11. The first-order valence-electron chi connectivity index (χ1n) is 7.92. The monoisotopic (exact) mass is 313 g/mol. The third-order valence-electron chi connectivity index (χ3n) is 3.45. The van der Waals surface area contributed by atoms with E-state index in [0.29, 0.717) is 18.9 Å². The van der Waals surface area contributed by atoms with Gasteiger partial charge in [0.05, 0.1) is 6.61 Å². The lowest BCUT2D eigenvalue weighted by molar-refractivity contribution is -0.123. The largest absolute Gasteiger partial charge is 0.494 e. The standard InChI is InChI=1S/C19H23NO3/c1-3-15-9-11-17(12-10-15)23-14-19(21)20-13-16-7-5-6-8-18(16)22-4-2/h5-12H,3-4,13-14H2,1-2H3,(H,20,21). The number of nitrogens with one attached hydrogen (secondary N) is 1. The Balaban J connectivity index is 1.81. The third-order valence-corrected chi connectivity index (χ3v) is 3.45. The molecule has 0 unspecified atom stereocenters. The molecule has 0 aliphatic carbocycles. The van der Waals surface area contributed by atoms with Gasteiger partial charge >= 0.3 is 0 Å². The summed E-state index contributed by atoms with van der Waals surface area (Å²) in [4.78, 5) is 11.9. The van der Waals surface area contributed by atoms with E-state index in [1.165, 1.54) is 5.56 Å². The van der Waals surface area contributed by atoms with E-state index in [-0.39, 0.29) is 12.5 Å². The molecular formula is C19H23NO3. The molecular weight excluding hydrogens is 290 g/mol. The quantitative estimate of drug-likeness (QED) is 0.813. The van der Waals surface area contributed by atoms with Crippen LogP contribution in [0.3, 0.4) is 0 Å². The summed E-state index contributed by atoms with van der Waals surface area (Å²) in [5.41, 5.74) is 2.20. The highest BCUT2D eigenvalue weighted by Gasteiger charge is 2.06. The predicted molar refractivity (Wildman–Crippen MR) is 90.8 cm³/mol. The molecule has 122 valence electrons. The SMILES string of the molecule is CCOc1ccccc1CNC(=O)COc1ccc(CC)cc1. The topological polar surface area (TPSA) is 47.6 Å². The van der Waals surface area contributed by atoms with E-state index in [1.54, 1.807) is 0 Å². The van der Waals surface area contributed by atoms with Crippen molar-refractivity contribution >= 4 is 5.91 Å². The van der Waals surface area contributed by atoms with Crippen LogP contribution in [-0.4, -0.2) is 19.1 Å². The lowest BCUT2D eigenvalue weighted by Crippen LogP contribution is -2.28. The Bertz CT molecular complexity index is 623. The van der Waals surface area contributed by atoms with Crippen LogP contribution in [0, 0.1) is 0 Å². The van der Waals surface area contributed by atoms with Crippen LogP contribution in [0.15, 0.2) is 48.5 Å². The molecule has 23 heavy (non-hydrogen) atoms. The van der Waals surface area contributed by atoms with Crippen molar-refractivity contribution in [1.82, 2.24) is 5.32 Å². The first kappa shape index (κ1) is 16.9. The summed E-state index contributed by atoms with van der Waals surface area (Å²) in [5, 5.41) is 2.85. The van der Waals surface area contributed by atoms with Gasteiger partial charge in [0.1, 0.15) is 11.5 Å². The molecule has 0 bridgehead atoms.